The van der Waals surface area contributed by atoms with Gasteiger partial charge in [0.15, 0.2) is 5.78 Å². The summed E-state index contributed by atoms with van der Waals surface area (Å²) in [6.07, 6.45) is 3.78. The number of rotatable bonds is 4. The van der Waals surface area contributed by atoms with Gasteiger partial charge in [0, 0.05) is 12.7 Å². The van der Waals surface area contributed by atoms with Crippen LogP contribution in [0.2, 0.25) is 0 Å². The number of ether oxygens (including phenoxy) is 2. The van der Waals surface area contributed by atoms with Gasteiger partial charge < -0.3 is 9.47 Å². The van der Waals surface area contributed by atoms with Gasteiger partial charge in [0.05, 0.1) is 7.11 Å². The third-order valence-corrected chi connectivity index (χ3v) is 3.89. The van der Waals surface area contributed by atoms with Crippen LogP contribution in [0.5, 0.6) is 5.75 Å². The summed E-state index contributed by atoms with van der Waals surface area (Å²) in [6, 6.07) is 5.57. The van der Waals surface area contributed by atoms with Crippen LogP contribution in [0.3, 0.4) is 0 Å². The minimum absolute atomic E-state index is 0.114. The normalized spacial score (nSPS) is 17.7. The van der Waals surface area contributed by atoms with Gasteiger partial charge in [-0.2, -0.15) is 0 Å². The molecule has 98 valence electrons. The third-order valence-electron chi connectivity index (χ3n) is 3.89. The third kappa shape index (κ3) is 2.15. The molecule has 0 atom stereocenters. The zero-order chi connectivity index (χ0) is 13.2. The Balaban J connectivity index is 2.33. The maximum atomic E-state index is 12.7. The summed E-state index contributed by atoms with van der Waals surface area (Å²) in [5, 5.41) is 0. The van der Waals surface area contributed by atoms with Crippen LogP contribution in [0.4, 0.5) is 0 Å². The topological polar surface area (TPSA) is 35.5 Å². The van der Waals surface area contributed by atoms with E-state index in [1.807, 2.05) is 25.1 Å². The molecule has 1 aromatic rings. The van der Waals surface area contributed by atoms with Crippen molar-refractivity contribution in [3.05, 3.63) is 29.3 Å². The van der Waals surface area contributed by atoms with Crippen molar-refractivity contribution < 1.29 is 14.3 Å². The van der Waals surface area contributed by atoms with Crippen molar-refractivity contribution in [1.29, 1.82) is 0 Å². The molecule has 0 aliphatic heterocycles. The Morgan fingerprint density at radius 3 is 2.39 bits per heavy atom. The second-order valence-corrected chi connectivity index (χ2v) is 4.92. The Labute approximate surface area is 108 Å². The summed E-state index contributed by atoms with van der Waals surface area (Å²) in [4.78, 5) is 12.7. The van der Waals surface area contributed by atoms with Crippen LogP contribution in [-0.4, -0.2) is 25.6 Å². The maximum absolute atomic E-state index is 12.7. The van der Waals surface area contributed by atoms with Crippen LogP contribution in [0.25, 0.3) is 0 Å². The van der Waals surface area contributed by atoms with E-state index in [2.05, 4.69) is 0 Å². The zero-order valence-corrected chi connectivity index (χ0v) is 11.3. The summed E-state index contributed by atoms with van der Waals surface area (Å²) in [7, 11) is 3.27. The van der Waals surface area contributed by atoms with E-state index in [1.54, 1.807) is 14.2 Å². The maximum Gasteiger partial charge on any atom is 0.194 e. The molecule has 1 saturated carbocycles. The Kier molecular flexibility index (Phi) is 3.71. The molecule has 0 radical (unpaired) electrons. The molecule has 0 N–H and O–H groups in total. The van der Waals surface area contributed by atoms with E-state index in [1.165, 1.54) is 0 Å². The highest BCUT2D eigenvalue weighted by molar-refractivity contribution is 6.03. The van der Waals surface area contributed by atoms with E-state index in [4.69, 9.17) is 9.47 Å². The minimum Gasteiger partial charge on any atom is -0.497 e. The van der Waals surface area contributed by atoms with Crippen LogP contribution in [0.15, 0.2) is 18.2 Å². The molecule has 1 aromatic carbocycles. The van der Waals surface area contributed by atoms with Crippen molar-refractivity contribution in [3.8, 4) is 5.75 Å². The highest BCUT2D eigenvalue weighted by Crippen LogP contribution is 2.36. The summed E-state index contributed by atoms with van der Waals surface area (Å²) >= 11 is 0. The van der Waals surface area contributed by atoms with Crippen molar-refractivity contribution in [2.45, 2.75) is 38.2 Å². The van der Waals surface area contributed by atoms with Gasteiger partial charge in [-0.15, -0.1) is 0 Å². The lowest BCUT2D eigenvalue weighted by atomic mass is 9.89. The molecule has 0 bridgehead atoms. The van der Waals surface area contributed by atoms with Gasteiger partial charge in [-0.25, -0.2) is 0 Å². The van der Waals surface area contributed by atoms with E-state index >= 15 is 0 Å². The van der Waals surface area contributed by atoms with Crippen molar-refractivity contribution in [1.82, 2.24) is 0 Å². The largest absolute Gasteiger partial charge is 0.497 e. The summed E-state index contributed by atoms with van der Waals surface area (Å²) in [5.74, 6) is 0.893. The number of methoxy groups -OCH3 is 2. The van der Waals surface area contributed by atoms with Gasteiger partial charge in [-0.1, -0.05) is 0 Å². The van der Waals surface area contributed by atoms with Crippen molar-refractivity contribution >= 4 is 5.78 Å². The van der Waals surface area contributed by atoms with E-state index in [-0.39, 0.29) is 5.78 Å². The molecular formula is C15H20O3. The molecule has 3 nitrogen and oxygen atoms in total. The smallest absolute Gasteiger partial charge is 0.194 e. The molecule has 0 aromatic heterocycles. The molecule has 2 rings (SSSR count). The lowest BCUT2D eigenvalue weighted by Gasteiger charge is -2.26. The van der Waals surface area contributed by atoms with Crippen LogP contribution in [0.1, 0.15) is 41.6 Å². The number of ketones is 1. The minimum atomic E-state index is -0.598. The average Bonchev–Trinajstić information content (AvgIpc) is 2.87. The molecule has 0 saturated heterocycles. The molecule has 0 heterocycles. The summed E-state index contributed by atoms with van der Waals surface area (Å²) in [5.41, 5.74) is 1.10. The van der Waals surface area contributed by atoms with Crippen molar-refractivity contribution in [2.24, 2.45) is 0 Å². The quantitative estimate of drug-likeness (QED) is 0.768. The Morgan fingerprint density at radius 2 is 1.89 bits per heavy atom. The van der Waals surface area contributed by atoms with E-state index < -0.39 is 5.60 Å². The van der Waals surface area contributed by atoms with E-state index in [0.29, 0.717) is 0 Å². The second kappa shape index (κ2) is 5.11. The number of hydrogen-bond acceptors (Lipinski definition) is 3. The van der Waals surface area contributed by atoms with Crippen LogP contribution in [-0.2, 0) is 4.74 Å². The van der Waals surface area contributed by atoms with Gasteiger partial charge in [0.1, 0.15) is 11.4 Å². The average molecular weight is 248 g/mol. The SMILES string of the molecule is COc1ccc(C(=O)C2(OC)CCCC2)c(C)c1. The van der Waals surface area contributed by atoms with E-state index in [9.17, 15) is 4.79 Å². The predicted octanol–water partition coefficient (Wildman–Crippen LogP) is 3.15. The van der Waals surface area contributed by atoms with Crippen LogP contribution >= 0.6 is 0 Å². The molecule has 1 aliphatic rings. The molecule has 3 heteroatoms. The number of Topliss-reactive ketones (excluding diaryl/α,β-unsaturated/α-hetero) is 1. The van der Waals surface area contributed by atoms with Crippen LogP contribution in [0, 0.1) is 6.92 Å². The molecule has 18 heavy (non-hydrogen) atoms. The molecule has 1 aliphatic carbocycles. The number of carbonyl (C=O) groups excluding carboxylic acids is 1. The summed E-state index contributed by atoms with van der Waals surface area (Å²) in [6.45, 7) is 1.94. The number of aryl methyl sites for hydroxylation is 1. The van der Waals surface area contributed by atoms with Crippen molar-refractivity contribution in [2.75, 3.05) is 14.2 Å². The lowest BCUT2D eigenvalue weighted by molar-refractivity contribution is 0.00596. The number of benzene rings is 1. The fourth-order valence-corrected chi connectivity index (χ4v) is 2.73. The Hall–Kier alpha value is -1.35. The highest BCUT2D eigenvalue weighted by atomic mass is 16.5. The predicted molar refractivity (Wildman–Crippen MR) is 70.3 cm³/mol. The number of carbonyl (C=O) groups is 1. The van der Waals surface area contributed by atoms with Gasteiger partial charge in [-0.3, -0.25) is 4.79 Å². The van der Waals surface area contributed by atoms with Crippen molar-refractivity contribution in [3.63, 3.8) is 0 Å². The summed E-state index contributed by atoms with van der Waals surface area (Å²) < 4.78 is 10.7. The monoisotopic (exact) mass is 248 g/mol. The first-order chi connectivity index (χ1) is 8.63. The van der Waals surface area contributed by atoms with Gasteiger partial charge in [0.2, 0.25) is 0 Å². The standard InChI is InChI=1S/C15H20O3/c1-11-10-12(17-2)6-7-13(11)14(16)15(18-3)8-4-5-9-15/h6-7,10H,4-5,8-9H2,1-3H3. The number of hydrogen-bond donors (Lipinski definition) is 0. The Bertz CT molecular complexity index is 445. The first kappa shape index (κ1) is 13.1. The first-order valence-corrected chi connectivity index (χ1v) is 6.37. The molecular weight excluding hydrogens is 228 g/mol. The second-order valence-electron chi connectivity index (χ2n) is 4.92. The van der Waals surface area contributed by atoms with Gasteiger partial charge >= 0.3 is 0 Å². The Morgan fingerprint density at radius 1 is 1.22 bits per heavy atom. The highest BCUT2D eigenvalue weighted by Gasteiger charge is 2.41. The molecule has 0 amide bonds. The lowest BCUT2D eigenvalue weighted by Crippen LogP contribution is -2.38. The molecule has 0 unspecified atom stereocenters. The van der Waals surface area contributed by atoms with Crippen LogP contribution < -0.4 is 4.74 Å². The van der Waals surface area contributed by atoms with Gasteiger partial charge in [-0.05, 0) is 56.4 Å². The fraction of sp³-hybridized carbons (Fsp3) is 0.533. The molecule has 1 fully saturated rings. The van der Waals surface area contributed by atoms with E-state index in [0.717, 1.165) is 42.6 Å². The van der Waals surface area contributed by atoms with Gasteiger partial charge in [0.25, 0.3) is 0 Å². The fourth-order valence-electron chi connectivity index (χ4n) is 2.73. The zero-order valence-electron chi connectivity index (χ0n) is 11.3. The molecule has 0 spiro atoms. The first-order valence-electron chi connectivity index (χ1n) is 6.37.